The molecule has 3 aromatic rings. The molecule has 0 aliphatic carbocycles. The summed E-state index contributed by atoms with van der Waals surface area (Å²) in [4.78, 5) is 24.1. The molecular weight excluding hydrogens is 542 g/mol. The first-order chi connectivity index (χ1) is 17.8. The molecule has 1 amide bonds. The number of alkyl halides is 6. The predicted molar refractivity (Wildman–Crippen MR) is 123 cm³/mol. The fourth-order valence-electron chi connectivity index (χ4n) is 3.16. The van der Waals surface area contributed by atoms with Crippen molar-refractivity contribution in [1.29, 1.82) is 0 Å². The standard InChI is InChI=1S/C22H22F6N6O3S/c1-21(24,25)8-7-17(35)16-12-34(33-30-16)11-14(23)5-6-19-31-32-20(38-19)29-18(36)10-13-3-2-4-15(9-13)37-22(26,27)28/h2-4,9,12,14H,5-8,10-11H2,1H3,(H,29,32,36). The van der Waals surface area contributed by atoms with Gasteiger partial charge in [0.1, 0.15) is 22.6 Å². The molecule has 0 radical (unpaired) electrons. The highest BCUT2D eigenvalue weighted by molar-refractivity contribution is 7.15. The maximum absolute atomic E-state index is 14.4. The number of Topliss-reactive ketones (excluding diaryl/α,β-unsaturated/α-hetero) is 1. The van der Waals surface area contributed by atoms with Crippen molar-refractivity contribution >= 4 is 28.2 Å². The van der Waals surface area contributed by atoms with Crippen LogP contribution in [-0.4, -0.2) is 55.3 Å². The Balaban J connectivity index is 1.43. The van der Waals surface area contributed by atoms with E-state index in [2.05, 4.69) is 30.6 Å². The molecular formula is C22H22F6N6O3S. The Labute approximate surface area is 216 Å². The van der Waals surface area contributed by atoms with Crippen molar-refractivity contribution in [3.05, 3.63) is 46.7 Å². The minimum atomic E-state index is -4.85. The minimum Gasteiger partial charge on any atom is -0.406 e. The van der Waals surface area contributed by atoms with Crippen LogP contribution in [0.3, 0.4) is 0 Å². The van der Waals surface area contributed by atoms with Crippen molar-refractivity contribution in [2.75, 3.05) is 5.32 Å². The molecule has 38 heavy (non-hydrogen) atoms. The Hall–Kier alpha value is -3.56. The van der Waals surface area contributed by atoms with E-state index in [1.807, 2.05) is 0 Å². The van der Waals surface area contributed by atoms with Crippen molar-refractivity contribution in [2.45, 2.75) is 64.0 Å². The van der Waals surface area contributed by atoms with E-state index in [0.717, 1.165) is 28.2 Å². The number of aromatic nitrogens is 5. The highest BCUT2D eigenvalue weighted by Crippen LogP contribution is 2.24. The molecule has 0 aliphatic rings. The number of aryl methyl sites for hydroxylation is 1. The first-order valence-electron chi connectivity index (χ1n) is 11.2. The van der Waals surface area contributed by atoms with Crippen LogP contribution in [0.5, 0.6) is 5.75 Å². The summed E-state index contributed by atoms with van der Waals surface area (Å²) in [5, 5.41) is 18.0. The van der Waals surface area contributed by atoms with Crippen molar-refractivity contribution < 1.29 is 40.7 Å². The quantitative estimate of drug-likeness (QED) is 0.235. The molecule has 0 saturated carbocycles. The van der Waals surface area contributed by atoms with Gasteiger partial charge >= 0.3 is 6.36 Å². The Bertz CT molecular complexity index is 1240. The van der Waals surface area contributed by atoms with Crippen molar-refractivity contribution in [1.82, 2.24) is 25.2 Å². The van der Waals surface area contributed by atoms with E-state index in [1.165, 1.54) is 18.3 Å². The van der Waals surface area contributed by atoms with Crippen LogP contribution in [-0.2, 0) is 24.2 Å². The lowest BCUT2D eigenvalue weighted by atomic mass is 10.1. The monoisotopic (exact) mass is 564 g/mol. The Morgan fingerprint density at radius 1 is 1.16 bits per heavy atom. The average Bonchev–Trinajstić information content (AvgIpc) is 3.44. The number of rotatable bonds is 13. The normalized spacial score (nSPS) is 12.8. The number of carbonyl (C=O) groups excluding carboxylic acids is 2. The second-order valence-electron chi connectivity index (χ2n) is 8.38. The fraction of sp³-hybridized carbons (Fsp3) is 0.455. The van der Waals surface area contributed by atoms with Crippen LogP contribution in [0.15, 0.2) is 30.5 Å². The van der Waals surface area contributed by atoms with Gasteiger partial charge in [-0.05, 0) is 31.0 Å². The van der Waals surface area contributed by atoms with E-state index in [0.29, 0.717) is 11.9 Å². The number of amides is 1. The van der Waals surface area contributed by atoms with E-state index in [4.69, 9.17) is 0 Å². The molecule has 1 N–H and O–H groups in total. The minimum absolute atomic E-state index is 0.0137. The van der Waals surface area contributed by atoms with E-state index < -0.39 is 48.7 Å². The van der Waals surface area contributed by atoms with E-state index in [1.54, 1.807) is 0 Å². The fourth-order valence-corrected chi connectivity index (χ4v) is 3.93. The van der Waals surface area contributed by atoms with Gasteiger partial charge in [-0.25, -0.2) is 17.9 Å². The Morgan fingerprint density at radius 3 is 2.63 bits per heavy atom. The van der Waals surface area contributed by atoms with Gasteiger partial charge < -0.3 is 10.1 Å². The maximum Gasteiger partial charge on any atom is 0.573 e. The number of anilines is 1. The summed E-state index contributed by atoms with van der Waals surface area (Å²) in [6, 6.07) is 5.00. The smallest absolute Gasteiger partial charge is 0.406 e. The maximum atomic E-state index is 14.4. The molecule has 16 heteroatoms. The molecule has 206 valence electrons. The lowest BCUT2D eigenvalue weighted by Gasteiger charge is -2.09. The molecule has 0 saturated heterocycles. The predicted octanol–water partition coefficient (Wildman–Crippen LogP) is 4.80. The van der Waals surface area contributed by atoms with Gasteiger partial charge in [-0.15, -0.1) is 28.5 Å². The molecule has 0 fully saturated rings. The van der Waals surface area contributed by atoms with Gasteiger partial charge in [-0.1, -0.05) is 28.7 Å². The Kier molecular flexibility index (Phi) is 9.40. The van der Waals surface area contributed by atoms with Crippen LogP contribution in [0, 0.1) is 0 Å². The number of nitrogens with one attached hydrogen (secondary N) is 1. The average molecular weight is 565 g/mol. The zero-order valence-corrected chi connectivity index (χ0v) is 20.7. The summed E-state index contributed by atoms with van der Waals surface area (Å²) in [6.07, 6.45) is -6.12. The number of nitrogens with zero attached hydrogens (tertiary/aromatic N) is 5. The summed E-state index contributed by atoms with van der Waals surface area (Å²) in [6.45, 7) is 0.490. The molecule has 2 heterocycles. The molecule has 2 aromatic heterocycles. The third-order valence-corrected chi connectivity index (χ3v) is 5.78. The highest BCUT2D eigenvalue weighted by Gasteiger charge is 2.31. The van der Waals surface area contributed by atoms with Crippen molar-refractivity contribution in [2.24, 2.45) is 0 Å². The third kappa shape index (κ3) is 10.1. The molecule has 0 spiro atoms. The number of carbonyl (C=O) groups is 2. The topological polar surface area (TPSA) is 112 Å². The number of halogens is 6. The second-order valence-corrected chi connectivity index (χ2v) is 9.44. The lowest BCUT2D eigenvalue weighted by Crippen LogP contribution is -2.17. The van der Waals surface area contributed by atoms with Gasteiger partial charge in [0.2, 0.25) is 17.0 Å². The molecule has 0 aliphatic heterocycles. The number of ketones is 1. The number of benzene rings is 1. The lowest BCUT2D eigenvalue weighted by molar-refractivity contribution is -0.274. The first kappa shape index (κ1) is 29.0. The van der Waals surface area contributed by atoms with Gasteiger partial charge in [0, 0.05) is 19.3 Å². The van der Waals surface area contributed by atoms with Gasteiger partial charge in [0.05, 0.1) is 19.2 Å². The molecule has 1 atom stereocenters. The van der Waals surface area contributed by atoms with Gasteiger partial charge in [-0.3, -0.25) is 9.59 Å². The summed E-state index contributed by atoms with van der Waals surface area (Å²) < 4.78 is 82.2. The highest BCUT2D eigenvalue weighted by atomic mass is 32.1. The number of hydrogen-bond acceptors (Lipinski definition) is 8. The molecule has 3 rings (SSSR count). The Morgan fingerprint density at radius 2 is 1.92 bits per heavy atom. The summed E-state index contributed by atoms with van der Waals surface area (Å²) in [5.74, 6) is -4.58. The van der Waals surface area contributed by atoms with Gasteiger partial charge in [0.25, 0.3) is 0 Å². The molecule has 9 nitrogen and oxygen atoms in total. The molecule has 1 unspecified atom stereocenters. The summed E-state index contributed by atoms with van der Waals surface area (Å²) in [7, 11) is 0. The van der Waals surface area contributed by atoms with Crippen LogP contribution < -0.4 is 10.1 Å². The van der Waals surface area contributed by atoms with Crippen LogP contribution in [0.4, 0.5) is 31.5 Å². The number of ether oxygens (including phenoxy) is 1. The van der Waals surface area contributed by atoms with Crippen LogP contribution in [0.1, 0.15) is 47.2 Å². The SMILES string of the molecule is CC(F)(F)CCC(=O)c1cn(CC(F)CCc2nnc(NC(=O)Cc3cccc(OC(F)(F)F)c3)s2)nn1. The first-order valence-corrected chi connectivity index (χ1v) is 12.0. The van der Waals surface area contributed by atoms with Crippen LogP contribution in [0.2, 0.25) is 0 Å². The van der Waals surface area contributed by atoms with Crippen LogP contribution >= 0.6 is 11.3 Å². The van der Waals surface area contributed by atoms with Crippen LogP contribution in [0.25, 0.3) is 0 Å². The van der Waals surface area contributed by atoms with Crippen molar-refractivity contribution in [3.63, 3.8) is 0 Å². The molecule has 0 bridgehead atoms. The van der Waals surface area contributed by atoms with Gasteiger partial charge in [-0.2, -0.15) is 0 Å². The molecule has 1 aromatic carbocycles. The summed E-state index contributed by atoms with van der Waals surface area (Å²) >= 11 is 1.01. The van der Waals surface area contributed by atoms with Gasteiger partial charge in [0.15, 0.2) is 5.78 Å². The number of hydrogen-bond donors (Lipinski definition) is 1. The van der Waals surface area contributed by atoms with Crippen molar-refractivity contribution in [3.8, 4) is 5.75 Å². The zero-order chi connectivity index (χ0) is 27.9. The largest absolute Gasteiger partial charge is 0.573 e. The third-order valence-electron chi connectivity index (χ3n) is 4.88. The van der Waals surface area contributed by atoms with E-state index >= 15 is 0 Å². The second kappa shape index (κ2) is 12.3. The zero-order valence-electron chi connectivity index (χ0n) is 19.8. The van der Waals surface area contributed by atoms with E-state index in [9.17, 15) is 35.9 Å². The summed E-state index contributed by atoms with van der Waals surface area (Å²) in [5.41, 5.74) is 0.168. The van der Waals surface area contributed by atoms with E-state index in [-0.39, 0.29) is 42.2 Å².